The topological polar surface area (TPSA) is 43.2 Å². The highest BCUT2D eigenvalue weighted by Crippen LogP contribution is 1.97. The highest BCUT2D eigenvalue weighted by Gasteiger charge is 1.97. The maximum absolute atomic E-state index is 10.8. The van der Waals surface area contributed by atoms with Gasteiger partial charge in [0.05, 0.1) is 0 Å². The molecule has 0 aromatic rings. The third kappa shape index (κ3) is 7.38. The molecule has 12 heavy (non-hydrogen) atoms. The van der Waals surface area contributed by atoms with Crippen LogP contribution in [0.25, 0.3) is 0 Å². The van der Waals surface area contributed by atoms with E-state index in [1.165, 1.54) is 19.3 Å². The quantitative estimate of drug-likeness (QED) is 0.609. The predicted molar refractivity (Wildman–Crippen MR) is 50.2 cm³/mol. The molecular formula is C9H19N2O. The van der Waals surface area contributed by atoms with Crippen molar-refractivity contribution in [2.24, 2.45) is 0 Å². The van der Waals surface area contributed by atoms with Gasteiger partial charge in [-0.1, -0.05) is 26.2 Å². The fourth-order valence-electron chi connectivity index (χ4n) is 0.926. The zero-order valence-corrected chi connectivity index (χ0v) is 8.10. The molecule has 1 radical (unpaired) electrons. The number of nitrogens with zero attached hydrogens (tertiary/aromatic N) is 1. The Balaban J connectivity index is 3.03. The molecule has 3 heteroatoms. The fourth-order valence-corrected chi connectivity index (χ4v) is 0.926. The molecule has 0 fully saturated rings. The van der Waals surface area contributed by atoms with Crippen LogP contribution in [0.5, 0.6) is 0 Å². The van der Waals surface area contributed by atoms with Crippen LogP contribution in [0.15, 0.2) is 0 Å². The average molecular weight is 171 g/mol. The maximum Gasteiger partial charge on any atom is 0.336 e. The van der Waals surface area contributed by atoms with E-state index in [0.29, 0.717) is 13.1 Å². The summed E-state index contributed by atoms with van der Waals surface area (Å²) in [5.41, 5.74) is 0. The van der Waals surface area contributed by atoms with Gasteiger partial charge < -0.3 is 5.32 Å². The van der Waals surface area contributed by atoms with Crippen molar-refractivity contribution < 1.29 is 4.79 Å². The second-order valence-electron chi connectivity index (χ2n) is 2.78. The van der Waals surface area contributed by atoms with Gasteiger partial charge in [0.1, 0.15) is 0 Å². The lowest BCUT2D eigenvalue weighted by atomic mass is 10.2. The predicted octanol–water partition coefficient (Wildman–Crippen LogP) is 1.90. The number of amides is 2. The number of hydrogen-bond acceptors (Lipinski definition) is 1. The Kier molecular flexibility index (Phi) is 7.86. The monoisotopic (exact) mass is 171 g/mol. The first-order chi connectivity index (χ1) is 5.81. The molecule has 0 heterocycles. The summed E-state index contributed by atoms with van der Waals surface area (Å²) in [4.78, 5) is 10.8. The van der Waals surface area contributed by atoms with Crippen LogP contribution < -0.4 is 10.6 Å². The number of carbonyl (C=O) groups excluding carboxylic acids is 1. The second kappa shape index (κ2) is 8.37. The Labute approximate surface area is 74.9 Å². The molecule has 0 atom stereocenters. The summed E-state index contributed by atoms with van der Waals surface area (Å²) in [7, 11) is 0. The molecule has 0 bridgehead atoms. The van der Waals surface area contributed by atoms with Crippen LogP contribution in [0.3, 0.4) is 0 Å². The minimum Gasteiger partial charge on any atom is -0.337 e. The first-order valence-electron chi connectivity index (χ1n) is 4.76. The zero-order valence-electron chi connectivity index (χ0n) is 8.10. The van der Waals surface area contributed by atoms with Gasteiger partial charge in [-0.05, 0) is 13.3 Å². The number of hydrogen-bond donors (Lipinski definition) is 1. The average Bonchev–Trinajstić information content (AvgIpc) is 2.05. The molecule has 0 rings (SSSR count). The zero-order chi connectivity index (χ0) is 9.23. The van der Waals surface area contributed by atoms with Crippen molar-refractivity contribution in [1.29, 1.82) is 0 Å². The minimum atomic E-state index is -0.172. The third-order valence-corrected chi connectivity index (χ3v) is 1.60. The Morgan fingerprint density at radius 2 is 2.00 bits per heavy atom. The molecule has 0 aromatic heterocycles. The smallest absolute Gasteiger partial charge is 0.336 e. The Bertz CT molecular complexity index is 115. The van der Waals surface area contributed by atoms with E-state index in [0.717, 1.165) is 6.42 Å². The summed E-state index contributed by atoms with van der Waals surface area (Å²) in [6, 6.07) is -0.172. The number of rotatable bonds is 6. The van der Waals surface area contributed by atoms with Gasteiger partial charge in [-0.2, -0.15) is 0 Å². The molecule has 0 saturated heterocycles. The molecule has 0 unspecified atom stereocenters. The third-order valence-electron chi connectivity index (χ3n) is 1.60. The van der Waals surface area contributed by atoms with E-state index in [9.17, 15) is 4.79 Å². The molecule has 0 saturated carbocycles. The van der Waals surface area contributed by atoms with Crippen LogP contribution in [-0.2, 0) is 0 Å². The molecule has 0 spiro atoms. The highest BCUT2D eigenvalue weighted by molar-refractivity contribution is 5.73. The van der Waals surface area contributed by atoms with E-state index in [1.807, 2.05) is 6.92 Å². The normalized spacial score (nSPS) is 9.50. The molecular weight excluding hydrogens is 152 g/mol. The molecule has 0 aromatic carbocycles. The largest absolute Gasteiger partial charge is 0.337 e. The van der Waals surface area contributed by atoms with Gasteiger partial charge in [0, 0.05) is 13.1 Å². The SMILES string of the molecule is CCCCCC[N]C(=O)NCC. The van der Waals surface area contributed by atoms with Gasteiger partial charge in [0.25, 0.3) is 0 Å². The fraction of sp³-hybridized carbons (Fsp3) is 0.889. The first kappa shape index (κ1) is 11.3. The molecule has 71 valence electrons. The van der Waals surface area contributed by atoms with Crippen LogP contribution >= 0.6 is 0 Å². The van der Waals surface area contributed by atoms with Crippen molar-refractivity contribution in [2.45, 2.75) is 39.5 Å². The second-order valence-corrected chi connectivity index (χ2v) is 2.78. The molecule has 0 aliphatic rings. The Morgan fingerprint density at radius 3 is 2.58 bits per heavy atom. The van der Waals surface area contributed by atoms with Crippen LogP contribution in [0.4, 0.5) is 4.79 Å². The highest BCUT2D eigenvalue weighted by atomic mass is 16.2. The summed E-state index contributed by atoms with van der Waals surface area (Å²) in [5.74, 6) is 0. The van der Waals surface area contributed by atoms with Crippen molar-refractivity contribution in [2.75, 3.05) is 13.1 Å². The van der Waals surface area contributed by atoms with E-state index in [-0.39, 0.29) is 6.03 Å². The van der Waals surface area contributed by atoms with Gasteiger partial charge in [0.2, 0.25) is 0 Å². The summed E-state index contributed by atoms with van der Waals surface area (Å²) in [6.45, 7) is 5.40. The number of nitrogens with one attached hydrogen (secondary N) is 1. The summed E-state index contributed by atoms with van der Waals surface area (Å²) < 4.78 is 0. The summed E-state index contributed by atoms with van der Waals surface area (Å²) in [6.07, 6.45) is 4.68. The van der Waals surface area contributed by atoms with Crippen molar-refractivity contribution >= 4 is 6.03 Å². The van der Waals surface area contributed by atoms with E-state index in [1.54, 1.807) is 0 Å². The lowest BCUT2D eigenvalue weighted by Gasteiger charge is -2.01. The van der Waals surface area contributed by atoms with Crippen LogP contribution in [0.2, 0.25) is 0 Å². The van der Waals surface area contributed by atoms with Crippen LogP contribution in [0.1, 0.15) is 39.5 Å². The van der Waals surface area contributed by atoms with E-state index < -0.39 is 0 Å². The van der Waals surface area contributed by atoms with Crippen molar-refractivity contribution in [3.63, 3.8) is 0 Å². The van der Waals surface area contributed by atoms with E-state index in [4.69, 9.17) is 0 Å². The number of carbonyl (C=O) groups is 1. The van der Waals surface area contributed by atoms with Gasteiger partial charge in [0.15, 0.2) is 0 Å². The van der Waals surface area contributed by atoms with Gasteiger partial charge in [-0.15, -0.1) is 0 Å². The lowest BCUT2D eigenvalue weighted by molar-refractivity contribution is 0.240. The standard InChI is InChI=1S/C9H19N2O/c1-3-5-6-7-8-11-9(12)10-4-2/h3-8H2,1-2H3,(H,10,12). The van der Waals surface area contributed by atoms with Gasteiger partial charge in [-0.25, -0.2) is 10.1 Å². The van der Waals surface area contributed by atoms with E-state index >= 15 is 0 Å². The Morgan fingerprint density at radius 1 is 1.25 bits per heavy atom. The summed E-state index contributed by atoms with van der Waals surface area (Å²) in [5, 5.41) is 6.47. The summed E-state index contributed by atoms with van der Waals surface area (Å²) >= 11 is 0. The Hall–Kier alpha value is -0.730. The molecule has 0 aliphatic heterocycles. The minimum absolute atomic E-state index is 0.172. The maximum atomic E-state index is 10.8. The van der Waals surface area contributed by atoms with Crippen molar-refractivity contribution in [1.82, 2.24) is 10.6 Å². The van der Waals surface area contributed by atoms with Crippen molar-refractivity contribution in [3.05, 3.63) is 0 Å². The molecule has 1 N–H and O–H groups in total. The number of urea groups is 1. The molecule has 3 nitrogen and oxygen atoms in total. The lowest BCUT2D eigenvalue weighted by Crippen LogP contribution is -2.30. The van der Waals surface area contributed by atoms with Crippen LogP contribution in [0, 0.1) is 0 Å². The number of unbranched alkanes of at least 4 members (excludes halogenated alkanes) is 3. The molecule has 2 amide bonds. The van der Waals surface area contributed by atoms with E-state index in [2.05, 4.69) is 17.6 Å². The molecule has 0 aliphatic carbocycles. The van der Waals surface area contributed by atoms with Crippen LogP contribution in [-0.4, -0.2) is 19.1 Å². The van der Waals surface area contributed by atoms with Gasteiger partial charge in [-0.3, -0.25) is 0 Å². The van der Waals surface area contributed by atoms with Crippen molar-refractivity contribution in [3.8, 4) is 0 Å². The first-order valence-corrected chi connectivity index (χ1v) is 4.76. The van der Waals surface area contributed by atoms with Gasteiger partial charge >= 0.3 is 6.03 Å².